The molecule has 1 N–H and O–H groups in total. The van der Waals surface area contributed by atoms with Crippen LogP contribution in [0, 0.1) is 13.8 Å². The maximum absolute atomic E-state index is 12.6. The number of hydrogen-bond acceptors (Lipinski definition) is 4. The van der Waals surface area contributed by atoms with Crippen molar-refractivity contribution in [1.82, 2.24) is 9.62 Å². The number of aryl methyl sites for hydroxylation is 2. The number of Topliss-reactive ketones (excluding diaryl/α,β-unsaturated/α-hetero) is 1. The summed E-state index contributed by atoms with van der Waals surface area (Å²) in [6.07, 6.45) is 1.65. The lowest BCUT2D eigenvalue weighted by Gasteiger charge is -2.32. The fraction of sp³-hybridized carbons (Fsp3) is 0.556. The molecule has 0 saturated carbocycles. The highest BCUT2D eigenvalue weighted by atomic mass is 32.2. The molecule has 0 bridgehead atoms. The summed E-state index contributed by atoms with van der Waals surface area (Å²) >= 11 is 0. The first-order valence-corrected chi connectivity index (χ1v) is 10.0. The molecule has 0 radical (unpaired) electrons. The Hall–Kier alpha value is -1.73. The summed E-state index contributed by atoms with van der Waals surface area (Å²) in [5, 5.41) is 0. The first-order chi connectivity index (χ1) is 11.7. The number of nitrogens with one attached hydrogen (secondary N) is 1. The van der Waals surface area contributed by atoms with Gasteiger partial charge in [-0.2, -0.15) is 0 Å². The van der Waals surface area contributed by atoms with E-state index < -0.39 is 10.0 Å². The summed E-state index contributed by atoms with van der Waals surface area (Å²) in [6, 6.07) is 5.10. The van der Waals surface area contributed by atoms with Crippen molar-refractivity contribution < 1.29 is 18.0 Å². The predicted octanol–water partition coefficient (Wildman–Crippen LogP) is 1.94. The standard InChI is InChI=1S/C18H26N2O4S/c1-13-4-6-17(14(2)12-13)25(23,24)19-16-8-10-20(11-9-16)18(22)7-5-15(3)21/h4,6,12,16,19H,5,7-11H2,1-3H3. The average molecular weight is 366 g/mol. The van der Waals surface area contributed by atoms with Gasteiger partial charge in [-0.05, 0) is 45.2 Å². The Balaban J connectivity index is 1.93. The minimum Gasteiger partial charge on any atom is -0.343 e. The van der Waals surface area contributed by atoms with Gasteiger partial charge in [-0.3, -0.25) is 4.79 Å². The van der Waals surface area contributed by atoms with Crippen molar-refractivity contribution in [1.29, 1.82) is 0 Å². The van der Waals surface area contributed by atoms with Gasteiger partial charge in [0, 0.05) is 32.0 Å². The van der Waals surface area contributed by atoms with Crippen molar-refractivity contribution in [2.45, 2.75) is 57.4 Å². The molecule has 2 rings (SSSR count). The molecule has 1 amide bonds. The number of ketones is 1. The van der Waals surface area contributed by atoms with Gasteiger partial charge >= 0.3 is 0 Å². The van der Waals surface area contributed by atoms with Crippen LogP contribution in [0.25, 0.3) is 0 Å². The van der Waals surface area contributed by atoms with Crippen molar-refractivity contribution >= 4 is 21.7 Å². The highest BCUT2D eigenvalue weighted by molar-refractivity contribution is 7.89. The molecule has 1 aliphatic heterocycles. The van der Waals surface area contributed by atoms with Gasteiger partial charge in [0.15, 0.2) is 0 Å². The lowest BCUT2D eigenvalue weighted by molar-refractivity contribution is -0.133. The van der Waals surface area contributed by atoms with Crippen molar-refractivity contribution in [3.05, 3.63) is 29.3 Å². The number of likely N-dealkylation sites (tertiary alicyclic amines) is 1. The van der Waals surface area contributed by atoms with Crippen molar-refractivity contribution in [3.8, 4) is 0 Å². The molecule has 0 unspecified atom stereocenters. The Bertz CT molecular complexity index is 750. The summed E-state index contributed by atoms with van der Waals surface area (Å²) in [4.78, 5) is 25.0. The van der Waals surface area contributed by atoms with E-state index in [9.17, 15) is 18.0 Å². The Labute approximate surface area is 149 Å². The molecular formula is C18H26N2O4S. The van der Waals surface area contributed by atoms with E-state index in [1.807, 2.05) is 13.0 Å². The topological polar surface area (TPSA) is 83.6 Å². The van der Waals surface area contributed by atoms with E-state index in [2.05, 4.69) is 4.72 Å². The molecule has 1 aromatic carbocycles. The zero-order valence-corrected chi connectivity index (χ0v) is 15.9. The van der Waals surface area contributed by atoms with E-state index in [1.54, 1.807) is 24.0 Å². The number of nitrogens with zero attached hydrogens (tertiary/aromatic N) is 1. The van der Waals surface area contributed by atoms with Crippen molar-refractivity contribution in [2.24, 2.45) is 0 Å². The van der Waals surface area contributed by atoms with E-state index in [1.165, 1.54) is 6.92 Å². The summed E-state index contributed by atoms with van der Waals surface area (Å²) in [6.45, 7) is 6.21. The van der Waals surface area contributed by atoms with Crippen LogP contribution in [0.1, 0.15) is 43.7 Å². The number of amides is 1. The average Bonchev–Trinajstić information content (AvgIpc) is 2.52. The Morgan fingerprint density at radius 3 is 2.36 bits per heavy atom. The van der Waals surface area contributed by atoms with Gasteiger partial charge < -0.3 is 9.69 Å². The second-order valence-corrected chi connectivity index (χ2v) is 8.43. The quantitative estimate of drug-likeness (QED) is 0.834. The Morgan fingerprint density at radius 1 is 1.16 bits per heavy atom. The molecule has 7 heteroatoms. The number of carbonyl (C=O) groups excluding carboxylic acids is 2. The molecule has 1 heterocycles. The monoisotopic (exact) mass is 366 g/mol. The Kier molecular flexibility index (Phi) is 6.35. The van der Waals surface area contributed by atoms with Gasteiger partial charge in [-0.15, -0.1) is 0 Å². The second kappa shape index (κ2) is 8.10. The first kappa shape index (κ1) is 19.6. The van der Waals surface area contributed by atoms with E-state index >= 15 is 0 Å². The SMILES string of the molecule is CC(=O)CCC(=O)N1CCC(NS(=O)(=O)c2ccc(C)cc2C)CC1. The second-order valence-electron chi connectivity index (χ2n) is 6.75. The number of carbonyl (C=O) groups is 2. The van der Waals surface area contributed by atoms with Crippen LogP contribution in [0.15, 0.2) is 23.1 Å². The molecule has 1 saturated heterocycles. The minimum absolute atomic E-state index is 0.00413. The van der Waals surface area contributed by atoms with Crippen LogP contribution in [0.3, 0.4) is 0 Å². The molecule has 1 fully saturated rings. The molecule has 1 aliphatic rings. The maximum atomic E-state index is 12.6. The van der Waals surface area contributed by atoms with Crippen molar-refractivity contribution in [2.75, 3.05) is 13.1 Å². The molecule has 1 aromatic rings. The number of sulfonamides is 1. The number of rotatable bonds is 6. The van der Waals surface area contributed by atoms with Gasteiger partial charge in [0.2, 0.25) is 15.9 Å². The number of hydrogen-bond donors (Lipinski definition) is 1. The van der Waals surface area contributed by atoms with Gasteiger partial charge in [-0.1, -0.05) is 17.7 Å². The minimum atomic E-state index is -3.56. The van der Waals surface area contributed by atoms with Crippen LogP contribution in [-0.2, 0) is 19.6 Å². The third kappa shape index (κ3) is 5.37. The molecule has 0 aliphatic carbocycles. The first-order valence-electron chi connectivity index (χ1n) is 8.56. The molecule has 25 heavy (non-hydrogen) atoms. The molecular weight excluding hydrogens is 340 g/mol. The lowest BCUT2D eigenvalue weighted by atomic mass is 10.1. The summed E-state index contributed by atoms with van der Waals surface area (Å²) in [5.41, 5.74) is 1.75. The van der Waals surface area contributed by atoms with Crippen LogP contribution in [0.2, 0.25) is 0 Å². The fourth-order valence-electron chi connectivity index (χ4n) is 3.07. The third-order valence-corrected chi connectivity index (χ3v) is 6.16. The molecule has 0 atom stereocenters. The zero-order chi connectivity index (χ0) is 18.6. The Morgan fingerprint density at radius 2 is 1.80 bits per heavy atom. The summed E-state index contributed by atoms with van der Waals surface area (Å²) in [7, 11) is -3.56. The normalized spacial score (nSPS) is 16.0. The van der Waals surface area contributed by atoms with Crippen LogP contribution in [-0.4, -0.2) is 44.1 Å². The van der Waals surface area contributed by atoms with Crippen molar-refractivity contribution in [3.63, 3.8) is 0 Å². The highest BCUT2D eigenvalue weighted by Gasteiger charge is 2.27. The third-order valence-electron chi connectivity index (χ3n) is 4.48. The fourth-order valence-corrected chi connectivity index (χ4v) is 4.60. The van der Waals surface area contributed by atoms with Crippen LogP contribution < -0.4 is 4.72 Å². The molecule has 6 nitrogen and oxygen atoms in total. The van der Waals surface area contributed by atoms with Crippen LogP contribution >= 0.6 is 0 Å². The van der Waals surface area contributed by atoms with Crippen LogP contribution in [0.5, 0.6) is 0 Å². The number of benzene rings is 1. The zero-order valence-electron chi connectivity index (χ0n) is 15.0. The molecule has 138 valence electrons. The maximum Gasteiger partial charge on any atom is 0.241 e. The van der Waals surface area contributed by atoms with Gasteiger partial charge in [-0.25, -0.2) is 13.1 Å². The predicted molar refractivity (Wildman–Crippen MR) is 95.8 cm³/mol. The van der Waals surface area contributed by atoms with Gasteiger partial charge in [0.25, 0.3) is 0 Å². The lowest BCUT2D eigenvalue weighted by Crippen LogP contribution is -2.46. The molecule has 0 aromatic heterocycles. The van der Waals surface area contributed by atoms with E-state index in [4.69, 9.17) is 0 Å². The van der Waals surface area contributed by atoms with E-state index in [0.29, 0.717) is 30.8 Å². The summed E-state index contributed by atoms with van der Waals surface area (Å²) < 4.78 is 28.0. The van der Waals surface area contributed by atoms with E-state index in [-0.39, 0.29) is 30.6 Å². The number of piperidine rings is 1. The van der Waals surface area contributed by atoms with Gasteiger partial charge in [0.05, 0.1) is 4.90 Å². The van der Waals surface area contributed by atoms with Gasteiger partial charge in [0.1, 0.15) is 5.78 Å². The largest absolute Gasteiger partial charge is 0.343 e. The van der Waals surface area contributed by atoms with Crippen LogP contribution in [0.4, 0.5) is 0 Å². The highest BCUT2D eigenvalue weighted by Crippen LogP contribution is 2.19. The summed E-state index contributed by atoms with van der Waals surface area (Å²) in [5.74, 6) is -0.0321. The van der Waals surface area contributed by atoms with E-state index in [0.717, 1.165) is 11.1 Å². The smallest absolute Gasteiger partial charge is 0.241 e. The molecule has 0 spiro atoms.